The van der Waals surface area contributed by atoms with Gasteiger partial charge in [0.25, 0.3) is 0 Å². The molecular formula is C14H17F4N3O. The normalized spacial score (nSPS) is 15.0. The van der Waals surface area contributed by atoms with Crippen LogP contribution in [0.4, 0.5) is 28.9 Å². The number of amides is 1. The van der Waals surface area contributed by atoms with Gasteiger partial charge < -0.3 is 15.5 Å². The molecule has 1 aromatic rings. The van der Waals surface area contributed by atoms with Crippen LogP contribution in [0, 0.1) is 5.82 Å². The van der Waals surface area contributed by atoms with Gasteiger partial charge in [-0.2, -0.15) is 13.2 Å². The van der Waals surface area contributed by atoms with Gasteiger partial charge in [0.2, 0.25) is 5.91 Å². The molecule has 1 aliphatic rings. The van der Waals surface area contributed by atoms with Crippen LogP contribution >= 0.6 is 0 Å². The van der Waals surface area contributed by atoms with Crippen LogP contribution < -0.4 is 15.5 Å². The first kappa shape index (κ1) is 16.4. The minimum absolute atomic E-state index is 0.145. The lowest BCUT2D eigenvalue weighted by Crippen LogP contribution is -2.37. The highest BCUT2D eigenvalue weighted by Gasteiger charge is 2.27. The average molecular weight is 319 g/mol. The van der Waals surface area contributed by atoms with Crippen LogP contribution in [0.3, 0.4) is 0 Å². The van der Waals surface area contributed by atoms with Gasteiger partial charge in [0.05, 0.1) is 17.9 Å². The van der Waals surface area contributed by atoms with Crippen LogP contribution in [0.25, 0.3) is 0 Å². The van der Waals surface area contributed by atoms with Crippen molar-refractivity contribution in [3.05, 3.63) is 24.0 Å². The topological polar surface area (TPSA) is 44.4 Å². The van der Waals surface area contributed by atoms with E-state index in [1.807, 2.05) is 4.90 Å². The van der Waals surface area contributed by atoms with Gasteiger partial charge in [-0.25, -0.2) is 4.39 Å². The van der Waals surface area contributed by atoms with Gasteiger partial charge in [0.15, 0.2) is 0 Å². The summed E-state index contributed by atoms with van der Waals surface area (Å²) in [6, 6.07) is 4.54. The Morgan fingerprint density at radius 1 is 1.23 bits per heavy atom. The number of benzene rings is 1. The minimum Gasteiger partial charge on any atom is -0.372 e. The number of alkyl halides is 3. The fraction of sp³-hybridized carbons (Fsp3) is 0.500. The molecule has 0 saturated carbocycles. The standard InChI is InChI=1S/C14H17F4N3O/c15-10-4-3-5-11(21-6-1-2-7-21)13(10)19-8-12(22)20-9-14(16,17)18/h3-5,19H,1-2,6-9H2,(H,20,22). The number of anilines is 2. The molecule has 22 heavy (non-hydrogen) atoms. The second kappa shape index (κ2) is 6.85. The third-order valence-corrected chi connectivity index (χ3v) is 3.35. The number of carbonyl (C=O) groups is 1. The summed E-state index contributed by atoms with van der Waals surface area (Å²) in [5.41, 5.74) is 0.771. The van der Waals surface area contributed by atoms with Crippen LogP contribution in [0.1, 0.15) is 12.8 Å². The molecule has 2 N–H and O–H groups in total. The first-order valence-electron chi connectivity index (χ1n) is 6.97. The Hall–Kier alpha value is -1.99. The van der Waals surface area contributed by atoms with Crippen molar-refractivity contribution in [1.82, 2.24) is 5.32 Å². The zero-order valence-electron chi connectivity index (χ0n) is 11.8. The predicted octanol–water partition coefficient (Wildman–Crippen LogP) is 2.52. The number of para-hydroxylation sites is 1. The lowest BCUT2D eigenvalue weighted by Gasteiger charge is -2.22. The second-order valence-electron chi connectivity index (χ2n) is 5.07. The molecule has 1 aromatic carbocycles. The van der Waals surface area contributed by atoms with Crippen molar-refractivity contribution in [2.24, 2.45) is 0 Å². The van der Waals surface area contributed by atoms with E-state index >= 15 is 0 Å². The highest BCUT2D eigenvalue weighted by molar-refractivity contribution is 5.83. The number of nitrogens with one attached hydrogen (secondary N) is 2. The molecule has 2 rings (SSSR count). The Balaban J connectivity index is 1.98. The molecule has 4 nitrogen and oxygen atoms in total. The van der Waals surface area contributed by atoms with Crippen molar-refractivity contribution in [3.63, 3.8) is 0 Å². The van der Waals surface area contributed by atoms with E-state index < -0.39 is 31.0 Å². The van der Waals surface area contributed by atoms with Crippen molar-refractivity contribution in [2.45, 2.75) is 19.0 Å². The van der Waals surface area contributed by atoms with Crippen LogP contribution in [0.5, 0.6) is 0 Å². The molecule has 0 radical (unpaired) electrons. The molecule has 1 saturated heterocycles. The maximum absolute atomic E-state index is 13.9. The van der Waals surface area contributed by atoms with E-state index in [9.17, 15) is 22.4 Å². The molecule has 1 amide bonds. The van der Waals surface area contributed by atoms with Crippen molar-refractivity contribution in [1.29, 1.82) is 0 Å². The van der Waals surface area contributed by atoms with Crippen molar-refractivity contribution >= 4 is 17.3 Å². The molecule has 0 atom stereocenters. The van der Waals surface area contributed by atoms with Gasteiger partial charge in [0, 0.05) is 13.1 Å². The van der Waals surface area contributed by atoms with Gasteiger partial charge in [-0.15, -0.1) is 0 Å². The Morgan fingerprint density at radius 2 is 1.91 bits per heavy atom. The summed E-state index contributed by atoms with van der Waals surface area (Å²) in [6.45, 7) is -0.238. The van der Waals surface area contributed by atoms with Gasteiger partial charge in [-0.3, -0.25) is 4.79 Å². The van der Waals surface area contributed by atoms with E-state index in [-0.39, 0.29) is 5.69 Å². The van der Waals surface area contributed by atoms with Gasteiger partial charge in [-0.1, -0.05) is 6.07 Å². The van der Waals surface area contributed by atoms with Crippen molar-refractivity contribution < 1.29 is 22.4 Å². The van der Waals surface area contributed by atoms with E-state index in [4.69, 9.17) is 0 Å². The minimum atomic E-state index is -4.46. The van der Waals surface area contributed by atoms with Crippen LogP contribution in [0.15, 0.2) is 18.2 Å². The maximum Gasteiger partial charge on any atom is 0.405 e. The second-order valence-corrected chi connectivity index (χ2v) is 5.07. The molecule has 0 aromatic heterocycles. The Labute approximate surface area is 125 Å². The maximum atomic E-state index is 13.9. The summed E-state index contributed by atoms with van der Waals surface area (Å²) in [7, 11) is 0. The largest absolute Gasteiger partial charge is 0.405 e. The smallest absolute Gasteiger partial charge is 0.372 e. The van der Waals surface area contributed by atoms with E-state index in [2.05, 4.69) is 5.32 Å². The number of nitrogens with zero attached hydrogens (tertiary/aromatic N) is 1. The molecule has 0 spiro atoms. The fourth-order valence-corrected chi connectivity index (χ4v) is 2.34. The van der Waals surface area contributed by atoms with Gasteiger partial charge in [0.1, 0.15) is 12.4 Å². The number of hydrogen-bond donors (Lipinski definition) is 2. The molecular weight excluding hydrogens is 302 g/mol. The molecule has 1 aliphatic heterocycles. The van der Waals surface area contributed by atoms with Crippen LogP contribution in [0.2, 0.25) is 0 Å². The number of rotatable bonds is 5. The Kier molecular flexibility index (Phi) is 5.10. The summed E-state index contributed by atoms with van der Waals surface area (Å²) < 4.78 is 50.0. The Morgan fingerprint density at radius 3 is 2.55 bits per heavy atom. The first-order valence-corrected chi connectivity index (χ1v) is 6.97. The van der Waals surface area contributed by atoms with Crippen molar-refractivity contribution in [3.8, 4) is 0 Å². The van der Waals surface area contributed by atoms with Crippen LogP contribution in [-0.2, 0) is 4.79 Å². The van der Waals surface area contributed by atoms with E-state index in [1.54, 1.807) is 17.4 Å². The molecule has 122 valence electrons. The molecule has 0 unspecified atom stereocenters. The van der Waals surface area contributed by atoms with E-state index in [0.717, 1.165) is 25.9 Å². The lowest BCUT2D eigenvalue weighted by molar-refractivity contribution is -0.137. The summed E-state index contributed by atoms with van der Waals surface area (Å²) in [5, 5.41) is 4.34. The fourth-order valence-electron chi connectivity index (χ4n) is 2.34. The SMILES string of the molecule is O=C(CNc1c(F)cccc1N1CCCC1)NCC(F)(F)F. The monoisotopic (exact) mass is 319 g/mol. The van der Waals surface area contributed by atoms with E-state index in [0.29, 0.717) is 5.69 Å². The zero-order chi connectivity index (χ0) is 16.2. The lowest BCUT2D eigenvalue weighted by atomic mass is 10.2. The van der Waals surface area contributed by atoms with Crippen molar-refractivity contribution in [2.75, 3.05) is 36.4 Å². The third kappa shape index (κ3) is 4.51. The number of carbonyl (C=O) groups excluding carboxylic acids is 1. The summed E-state index contributed by atoms with van der Waals surface area (Å²) in [5.74, 6) is -1.37. The van der Waals surface area contributed by atoms with Crippen LogP contribution in [-0.4, -0.2) is 38.3 Å². The third-order valence-electron chi connectivity index (χ3n) is 3.35. The molecule has 0 bridgehead atoms. The number of halogens is 4. The predicted molar refractivity (Wildman–Crippen MR) is 75.4 cm³/mol. The van der Waals surface area contributed by atoms with Gasteiger partial charge in [-0.05, 0) is 25.0 Å². The highest BCUT2D eigenvalue weighted by atomic mass is 19.4. The number of hydrogen-bond acceptors (Lipinski definition) is 3. The first-order chi connectivity index (χ1) is 10.4. The highest BCUT2D eigenvalue weighted by Crippen LogP contribution is 2.30. The van der Waals surface area contributed by atoms with E-state index in [1.165, 1.54) is 6.07 Å². The quantitative estimate of drug-likeness (QED) is 0.820. The molecule has 1 fully saturated rings. The Bertz CT molecular complexity index is 527. The molecule has 8 heteroatoms. The molecule has 0 aliphatic carbocycles. The zero-order valence-corrected chi connectivity index (χ0v) is 11.8. The summed E-state index contributed by atoms with van der Waals surface area (Å²) in [4.78, 5) is 13.4. The van der Waals surface area contributed by atoms with Gasteiger partial charge >= 0.3 is 6.18 Å². The molecule has 1 heterocycles. The summed E-state index contributed by atoms with van der Waals surface area (Å²) >= 11 is 0. The average Bonchev–Trinajstić information content (AvgIpc) is 2.96. The summed E-state index contributed by atoms with van der Waals surface area (Å²) in [6.07, 6.45) is -2.46.